The molecule has 0 radical (unpaired) electrons. The van der Waals surface area contributed by atoms with Crippen molar-refractivity contribution in [3.63, 3.8) is 0 Å². The fourth-order valence-corrected chi connectivity index (χ4v) is 6.97. The fraction of sp³-hybridized carbons (Fsp3) is 0. The molecule has 5 aromatic rings. The Labute approximate surface area is 289 Å². The van der Waals surface area contributed by atoms with Gasteiger partial charge in [0.15, 0.2) is 22.6 Å². The zero-order valence-corrected chi connectivity index (χ0v) is 27.9. The van der Waals surface area contributed by atoms with Crippen molar-refractivity contribution in [3.8, 4) is 0 Å². The number of nitrogens with zero attached hydrogens (tertiary/aromatic N) is 3. The van der Waals surface area contributed by atoms with Crippen LogP contribution in [0.4, 0.5) is 40.3 Å². The quantitative estimate of drug-likeness (QED) is 0.0618. The monoisotopic (exact) mass is 757 g/mol. The third kappa shape index (κ3) is 6.76. The van der Waals surface area contributed by atoms with Gasteiger partial charge < -0.3 is 26.2 Å². The van der Waals surface area contributed by atoms with Crippen molar-refractivity contribution in [2.45, 2.75) is 14.7 Å². The number of carbonyl (C=O) groups excluding carboxylic acids is 2. The largest absolute Gasteiger partial charge is 0.397 e. The zero-order valence-electron chi connectivity index (χ0n) is 24.6. The van der Waals surface area contributed by atoms with Crippen molar-refractivity contribution >= 4 is 94.8 Å². The van der Waals surface area contributed by atoms with E-state index >= 15 is 0 Å². The lowest BCUT2D eigenvalue weighted by Gasteiger charge is -2.24. The highest BCUT2D eigenvalue weighted by Crippen LogP contribution is 2.40. The molecular formula is C29H20ClN7O10S3. The van der Waals surface area contributed by atoms with Crippen molar-refractivity contribution in [1.82, 2.24) is 15.0 Å². The maximum atomic E-state index is 13.6. The highest BCUT2D eigenvalue weighted by atomic mass is 35.5. The maximum absolute atomic E-state index is 13.6. The van der Waals surface area contributed by atoms with Gasteiger partial charge in [0.1, 0.15) is 9.79 Å². The molecule has 50 heavy (non-hydrogen) atoms. The second kappa shape index (κ2) is 12.8. The van der Waals surface area contributed by atoms with Crippen LogP contribution in [0.1, 0.15) is 31.8 Å². The molecular weight excluding hydrogens is 738 g/mol. The van der Waals surface area contributed by atoms with E-state index in [9.17, 15) is 44.3 Å². The van der Waals surface area contributed by atoms with E-state index in [-0.39, 0.29) is 55.8 Å². The molecule has 0 saturated heterocycles. The van der Waals surface area contributed by atoms with Crippen molar-refractivity contribution in [3.05, 3.63) is 100 Å². The summed E-state index contributed by atoms with van der Waals surface area (Å²) in [5.74, 6) is -1.95. The average Bonchev–Trinajstić information content (AvgIpc) is 3.03. The molecule has 6 rings (SSSR count). The first-order chi connectivity index (χ1) is 23.5. The lowest BCUT2D eigenvalue weighted by molar-refractivity contribution is 0.0980. The van der Waals surface area contributed by atoms with Gasteiger partial charge in [-0.3, -0.25) is 18.7 Å². The normalized spacial score (nSPS) is 13.3. The van der Waals surface area contributed by atoms with Gasteiger partial charge in [-0.1, -0.05) is 30.3 Å². The minimum absolute atomic E-state index is 0.00817. The second-order valence-corrected chi connectivity index (χ2v) is 14.4. The summed E-state index contributed by atoms with van der Waals surface area (Å²) in [6.45, 7) is 0. The molecule has 1 aromatic heterocycles. The Hall–Kier alpha value is -5.35. The smallest absolute Gasteiger partial charge is 0.296 e. The molecule has 17 nitrogen and oxygen atoms in total. The van der Waals surface area contributed by atoms with E-state index in [1.165, 1.54) is 48.5 Å². The number of hydrogen-bond donors (Lipinski definition) is 7. The van der Waals surface area contributed by atoms with E-state index < -0.39 is 63.9 Å². The van der Waals surface area contributed by atoms with Gasteiger partial charge >= 0.3 is 0 Å². The molecule has 0 aliphatic heterocycles. The zero-order chi connectivity index (χ0) is 36.1. The molecule has 0 spiro atoms. The van der Waals surface area contributed by atoms with E-state index in [0.29, 0.717) is 5.69 Å². The number of benzene rings is 4. The van der Waals surface area contributed by atoms with Crippen LogP contribution in [0.15, 0.2) is 87.5 Å². The van der Waals surface area contributed by atoms with Crippen LogP contribution in [0.25, 0.3) is 0 Å². The number of aromatic nitrogens is 3. The van der Waals surface area contributed by atoms with Crippen molar-refractivity contribution in [2.75, 3.05) is 21.7 Å². The van der Waals surface area contributed by atoms with Crippen molar-refractivity contribution in [2.24, 2.45) is 0 Å². The van der Waals surface area contributed by atoms with Gasteiger partial charge in [0.2, 0.25) is 17.2 Å². The molecule has 1 atom stereocenters. The molecule has 1 aliphatic rings. The predicted octanol–water partition coefficient (Wildman–Crippen LogP) is 4.19. The first-order valence-electron chi connectivity index (χ1n) is 13.7. The van der Waals surface area contributed by atoms with Gasteiger partial charge in [-0.25, -0.2) is 4.21 Å². The highest BCUT2D eigenvalue weighted by Gasteiger charge is 2.36. The number of nitrogen functional groups attached to an aromatic ring is 1. The minimum atomic E-state index is -5.04. The van der Waals surface area contributed by atoms with Gasteiger partial charge in [-0.2, -0.15) is 31.8 Å². The molecule has 0 fully saturated rings. The molecule has 1 unspecified atom stereocenters. The molecule has 0 amide bonds. The van der Waals surface area contributed by atoms with Gasteiger partial charge in [-0.05, 0) is 54.1 Å². The number of nitrogens with two attached hydrogens (primary N) is 1. The van der Waals surface area contributed by atoms with Gasteiger partial charge in [-0.15, -0.1) is 0 Å². The second-order valence-electron chi connectivity index (χ2n) is 10.4. The molecule has 256 valence electrons. The summed E-state index contributed by atoms with van der Waals surface area (Å²) in [5, 5.41) is 7.73. The van der Waals surface area contributed by atoms with Crippen LogP contribution in [0, 0.1) is 0 Å². The summed E-state index contributed by atoms with van der Waals surface area (Å²) in [6, 6.07) is 15.7. The van der Waals surface area contributed by atoms with Crippen LogP contribution in [0.3, 0.4) is 0 Å². The lowest BCUT2D eigenvalue weighted by atomic mass is 9.82. The molecule has 0 bridgehead atoms. The summed E-state index contributed by atoms with van der Waals surface area (Å²) in [5.41, 5.74) is 4.01. The maximum Gasteiger partial charge on any atom is 0.296 e. The summed E-state index contributed by atoms with van der Waals surface area (Å²) in [4.78, 5) is 37.4. The Balaban J connectivity index is 1.39. The summed E-state index contributed by atoms with van der Waals surface area (Å²) in [6.07, 6.45) is 0. The number of hydrogen-bond acceptors (Lipinski definition) is 14. The number of rotatable bonds is 9. The summed E-state index contributed by atoms with van der Waals surface area (Å²) >= 11 is 3.78. The number of nitrogens with one attached hydrogen (secondary N) is 3. The molecule has 4 aromatic carbocycles. The van der Waals surface area contributed by atoms with Crippen LogP contribution in [0.2, 0.25) is 5.28 Å². The van der Waals surface area contributed by atoms with Crippen molar-refractivity contribution < 1.29 is 44.3 Å². The number of carbonyl (C=O) groups is 2. The lowest BCUT2D eigenvalue weighted by Crippen LogP contribution is -2.25. The third-order valence-corrected chi connectivity index (χ3v) is 9.78. The summed E-state index contributed by atoms with van der Waals surface area (Å²) in [7, 11) is -10.1. The van der Waals surface area contributed by atoms with Gasteiger partial charge in [0, 0.05) is 22.5 Å². The van der Waals surface area contributed by atoms with E-state index in [0.717, 1.165) is 18.2 Å². The van der Waals surface area contributed by atoms with Crippen molar-refractivity contribution in [1.29, 1.82) is 0 Å². The van der Waals surface area contributed by atoms with E-state index in [1.54, 1.807) is 6.07 Å². The minimum Gasteiger partial charge on any atom is -0.397 e. The van der Waals surface area contributed by atoms with Gasteiger partial charge in [0.05, 0.1) is 33.1 Å². The van der Waals surface area contributed by atoms with Gasteiger partial charge in [0.25, 0.3) is 20.2 Å². The van der Waals surface area contributed by atoms with E-state index in [2.05, 4.69) is 30.9 Å². The Morgan fingerprint density at radius 2 is 1.28 bits per heavy atom. The average molecular weight is 758 g/mol. The topological polar surface area (TPSA) is 281 Å². The van der Waals surface area contributed by atoms with E-state index in [1.807, 2.05) is 0 Å². The van der Waals surface area contributed by atoms with Crippen LogP contribution in [-0.2, 0) is 31.3 Å². The molecule has 8 N–H and O–H groups in total. The van der Waals surface area contributed by atoms with Crippen LogP contribution in [-0.4, -0.2) is 61.2 Å². The molecule has 1 heterocycles. The number of anilines is 7. The first kappa shape index (κ1) is 34.5. The number of halogens is 1. The Bertz CT molecular complexity index is 2530. The molecule has 0 saturated carbocycles. The number of fused-ring (bicyclic) bond motifs is 2. The Kier molecular flexibility index (Phi) is 8.86. The SMILES string of the molecule is Nc1c(S(=O)(=O)O)cc(Nc2ccc(Nc3nc(Cl)nc(Nc4cccc(S(=O)O)c4)n3)c(S(=O)(=O)O)c2)c2c1C(=O)c1ccccc1C2=O. The fourth-order valence-electron chi connectivity index (χ4n) is 5.07. The van der Waals surface area contributed by atoms with Crippen LogP contribution < -0.4 is 21.7 Å². The standard InChI is InChI=1S/C29H20ClN7O10S3/c30-27-35-28(33-13-4-3-5-15(10-13)48(40)41)37-29(36-27)34-18-9-8-14(11-20(18)49(42,43)44)32-19-12-21(50(45,46)47)24(31)23-22(19)25(38)16-6-1-2-7-17(16)26(23)39/h1-12,32H,31H2,(H,40,41)(H,42,43,44)(H,45,46,47)(H2,33,34,35,36,37). The number of ketones is 2. The Morgan fingerprint density at radius 3 is 1.90 bits per heavy atom. The van der Waals surface area contributed by atoms with Crippen LogP contribution in [0.5, 0.6) is 0 Å². The Morgan fingerprint density at radius 1 is 0.680 bits per heavy atom. The first-order valence-corrected chi connectivity index (χ1v) is 18.0. The van der Waals surface area contributed by atoms with Crippen LogP contribution >= 0.6 is 11.6 Å². The summed E-state index contributed by atoms with van der Waals surface area (Å²) < 4.78 is 90.4. The third-order valence-electron chi connectivity index (χ3n) is 7.16. The predicted molar refractivity (Wildman–Crippen MR) is 180 cm³/mol. The molecule has 21 heteroatoms. The van der Waals surface area contributed by atoms with E-state index in [4.69, 9.17) is 17.3 Å². The highest BCUT2D eigenvalue weighted by molar-refractivity contribution is 7.86. The molecule has 1 aliphatic carbocycles.